The minimum absolute atomic E-state index is 0.0790. The Morgan fingerprint density at radius 2 is 1.70 bits per heavy atom. The van der Waals surface area contributed by atoms with E-state index < -0.39 is 15.6 Å². The predicted molar refractivity (Wildman–Crippen MR) is 87.9 cm³/mol. The number of rotatable bonds is 6. The molecule has 1 aromatic carbocycles. The van der Waals surface area contributed by atoms with Crippen molar-refractivity contribution in [2.75, 3.05) is 6.54 Å². The second kappa shape index (κ2) is 6.79. The quantitative estimate of drug-likeness (QED) is 0.835. The lowest BCUT2D eigenvalue weighted by molar-refractivity contribution is 0.0532. The third kappa shape index (κ3) is 4.25. The molecule has 0 spiro atoms. The molecule has 2 aliphatic rings. The molecule has 6 heteroatoms. The van der Waals surface area contributed by atoms with Crippen LogP contribution >= 0.6 is 0 Å². The molecule has 0 unspecified atom stereocenters. The first-order valence-corrected chi connectivity index (χ1v) is 9.94. The van der Waals surface area contributed by atoms with Crippen molar-refractivity contribution >= 4 is 10.0 Å². The van der Waals surface area contributed by atoms with E-state index in [1.807, 2.05) is 0 Å². The lowest BCUT2D eigenvalue weighted by Crippen LogP contribution is -2.40. The number of aliphatic hydroxyl groups is 1. The maximum absolute atomic E-state index is 12.3. The Morgan fingerprint density at radius 3 is 2.30 bits per heavy atom. The first kappa shape index (κ1) is 16.7. The van der Waals surface area contributed by atoms with E-state index >= 15 is 0 Å². The van der Waals surface area contributed by atoms with Crippen LogP contribution in [-0.2, 0) is 10.0 Å². The molecule has 0 radical (unpaired) electrons. The molecule has 0 atom stereocenters. The van der Waals surface area contributed by atoms with E-state index in [-0.39, 0.29) is 17.5 Å². The highest BCUT2D eigenvalue weighted by molar-refractivity contribution is 7.89. The van der Waals surface area contributed by atoms with Crippen LogP contribution in [0.25, 0.3) is 0 Å². The van der Waals surface area contributed by atoms with Crippen molar-refractivity contribution < 1.29 is 18.3 Å². The number of hydrogen-bond acceptors (Lipinski definition) is 4. The van der Waals surface area contributed by atoms with E-state index in [9.17, 15) is 13.5 Å². The Kier molecular flexibility index (Phi) is 4.94. The maximum Gasteiger partial charge on any atom is 0.240 e. The zero-order valence-electron chi connectivity index (χ0n) is 13.3. The van der Waals surface area contributed by atoms with E-state index in [4.69, 9.17) is 4.74 Å². The summed E-state index contributed by atoms with van der Waals surface area (Å²) in [6.45, 7) is 0.0790. The first-order valence-electron chi connectivity index (χ1n) is 8.46. The standard InChI is InChI=1S/C17H25NO4S/c19-17(11-3-4-12-17)13-18-23(20,21)16-9-7-15(8-10-16)22-14-5-1-2-6-14/h7-10,14,18-19H,1-6,11-13H2. The SMILES string of the molecule is O=S(=O)(NCC1(O)CCCC1)c1ccc(OC2CCCC2)cc1. The zero-order chi connectivity index (χ0) is 16.3. The molecule has 1 aromatic rings. The Bertz CT molecular complexity index is 614. The molecular formula is C17H25NO4S. The van der Waals surface area contributed by atoms with E-state index in [0.29, 0.717) is 18.6 Å². The van der Waals surface area contributed by atoms with E-state index in [1.165, 1.54) is 12.8 Å². The average Bonchev–Trinajstić information content (AvgIpc) is 3.19. The lowest BCUT2D eigenvalue weighted by Gasteiger charge is -2.22. The highest BCUT2D eigenvalue weighted by atomic mass is 32.2. The van der Waals surface area contributed by atoms with Gasteiger partial charge in [-0.15, -0.1) is 0 Å². The summed E-state index contributed by atoms with van der Waals surface area (Å²) in [5, 5.41) is 10.3. The summed E-state index contributed by atoms with van der Waals surface area (Å²) in [6.07, 6.45) is 8.01. The number of benzene rings is 1. The third-order valence-electron chi connectivity index (χ3n) is 4.86. The zero-order valence-corrected chi connectivity index (χ0v) is 14.1. The highest BCUT2D eigenvalue weighted by Gasteiger charge is 2.32. The Balaban J connectivity index is 1.60. The van der Waals surface area contributed by atoms with Gasteiger partial charge < -0.3 is 9.84 Å². The van der Waals surface area contributed by atoms with Gasteiger partial charge in [0.15, 0.2) is 0 Å². The topological polar surface area (TPSA) is 75.6 Å². The fourth-order valence-corrected chi connectivity index (χ4v) is 4.54. The molecule has 0 heterocycles. The molecule has 0 aliphatic heterocycles. The van der Waals surface area contributed by atoms with Gasteiger partial charge in [0.25, 0.3) is 0 Å². The van der Waals surface area contributed by atoms with E-state index in [2.05, 4.69) is 4.72 Å². The van der Waals surface area contributed by atoms with Gasteiger partial charge in [-0.25, -0.2) is 13.1 Å². The number of ether oxygens (including phenoxy) is 1. The fraction of sp³-hybridized carbons (Fsp3) is 0.647. The van der Waals surface area contributed by atoms with Crippen molar-refractivity contribution in [2.24, 2.45) is 0 Å². The molecule has 2 aliphatic carbocycles. The van der Waals surface area contributed by atoms with Crippen LogP contribution in [0.1, 0.15) is 51.4 Å². The first-order chi connectivity index (χ1) is 11.0. The molecule has 0 aromatic heterocycles. The summed E-state index contributed by atoms with van der Waals surface area (Å²) < 4.78 is 33.0. The number of hydrogen-bond donors (Lipinski definition) is 2. The smallest absolute Gasteiger partial charge is 0.240 e. The maximum atomic E-state index is 12.3. The fourth-order valence-electron chi connectivity index (χ4n) is 3.42. The summed E-state index contributed by atoms with van der Waals surface area (Å²) in [4.78, 5) is 0.206. The van der Waals surface area contributed by atoms with Crippen molar-refractivity contribution in [3.8, 4) is 5.75 Å². The van der Waals surface area contributed by atoms with Gasteiger partial charge in [-0.1, -0.05) is 12.8 Å². The van der Waals surface area contributed by atoms with Crippen molar-refractivity contribution in [2.45, 2.75) is 68.0 Å². The van der Waals surface area contributed by atoms with Gasteiger partial charge >= 0.3 is 0 Å². The molecule has 5 nitrogen and oxygen atoms in total. The Morgan fingerprint density at radius 1 is 1.09 bits per heavy atom. The molecule has 2 fully saturated rings. The second-order valence-electron chi connectivity index (χ2n) is 6.75. The van der Waals surface area contributed by atoms with Crippen molar-refractivity contribution in [3.05, 3.63) is 24.3 Å². The van der Waals surface area contributed by atoms with Crippen molar-refractivity contribution in [1.82, 2.24) is 4.72 Å². The van der Waals surface area contributed by atoms with Gasteiger partial charge in [0.05, 0.1) is 16.6 Å². The summed E-state index contributed by atoms with van der Waals surface area (Å²) in [7, 11) is -3.60. The van der Waals surface area contributed by atoms with Crippen LogP contribution in [-0.4, -0.2) is 31.8 Å². The van der Waals surface area contributed by atoms with Crippen LogP contribution in [0.4, 0.5) is 0 Å². The Hall–Kier alpha value is -1.11. The lowest BCUT2D eigenvalue weighted by atomic mass is 10.0. The largest absolute Gasteiger partial charge is 0.490 e. The van der Waals surface area contributed by atoms with Gasteiger partial charge in [-0.2, -0.15) is 0 Å². The van der Waals surface area contributed by atoms with Crippen molar-refractivity contribution in [1.29, 1.82) is 0 Å². The second-order valence-corrected chi connectivity index (χ2v) is 8.52. The molecule has 128 valence electrons. The van der Waals surface area contributed by atoms with Crippen LogP contribution in [0.2, 0.25) is 0 Å². The molecule has 3 rings (SSSR count). The molecule has 23 heavy (non-hydrogen) atoms. The Labute approximate surface area is 138 Å². The van der Waals surface area contributed by atoms with Crippen LogP contribution < -0.4 is 9.46 Å². The summed E-state index contributed by atoms with van der Waals surface area (Å²) in [5.74, 6) is 0.713. The molecular weight excluding hydrogens is 314 g/mol. The van der Waals surface area contributed by atoms with Gasteiger partial charge in [0.1, 0.15) is 5.75 Å². The molecule has 2 N–H and O–H groups in total. The summed E-state index contributed by atoms with van der Waals surface area (Å²) in [6, 6.07) is 6.53. The van der Waals surface area contributed by atoms with Crippen LogP contribution in [0, 0.1) is 0 Å². The third-order valence-corrected chi connectivity index (χ3v) is 6.28. The normalized spacial score (nSPS) is 21.6. The van der Waals surface area contributed by atoms with Gasteiger partial charge in [-0.3, -0.25) is 0 Å². The summed E-state index contributed by atoms with van der Waals surface area (Å²) >= 11 is 0. The highest BCUT2D eigenvalue weighted by Crippen LogP contribution is 2.29. The minimum atomic E-state index is -3.60. The monoisotopic (exact) mass is 339 g/mol. The molecule has 2 saturated carbocycles. The number of sulfonamides is 1. The van der Waals surface area contributed by atoms with Crippen LogP contribution in [0.5, 0.6) is 5.75 Å². The molecule has 0 bridgehead atoms. The number of nitrogens with one attached hydrogen (secondary N) is 1. The van der Waals surface area contributed by atoms with Crippen LogP contribution in [0.15, 0.2) is 29.2 Å². The predicted octanol–water partition coefficient (Wildman–Crippen LogP) is 2.59. The van der Waals surface area contributed by atoms with Gasteiger partial charge in [-0.05, 0) is 62.8 Å². The van der Waals surface area contributed by atoms with Gasteiger partial charge in [0.2, 0.25) is 10.0 Å². The van der Waals surface area contributed by atoms with Crippen LogP contribution in [0.3, 0.4) is 0 Å². The summed E-state index contributed by atoms with van der Waals surface area (Å²) in [5.41, 5.74) is -0.890. The van der Waals surface area contributed by atoms with Gasteiger partial charge in [0, 0.05) is 6.54 Å². The van der Waals surface area contributed by atoms with E-state index in [0.717, 1.165) is 25.7 Å². The van der Waals surface area contributed by atoms with E-state index in [1.54, 1.807) is 24.3 Å². The minimum Gasteiger partial charge on any atom is -0.490 e. The average molecular weight is 339 g/mol. The molecule has 0 saturated heterocycles. The molecule has 0 amide bonds. The van der Waals surface area contributed by atoms with Crippen molar-refractivity contribution in [3.63, 3.8) is 0 Å².